The van der Waals surface area contributed by atoms with E-state index >= 15 is 0 Å². The SMILES string of the molecule is O=C(c1ccc(OC(Br)C(=O)O)c(Br)c1)c1ccco1. The van der Waals surface area contributed by atoms with Crippen molar-refractivity contribution in [2.45, 2.75) is 5.01 Å². The Morgan fingerprint density at radius 3 is 2.60 bits per heavy atom. The smallest absolute Gasteiger partial charge is 0.356 e. The van der Waals surface area contributed by atoms with Crippen molar-refractivity contribution < 1.29 is 23.8 Å². The van der Waals surface area contributed by atoms with Gasteiger partial charge >= 0.3 is 5.97 Å². The monoisotopic (exact) mass is 402 g/mol. The first-order valence-electron chi connectivity index (χ1n) is 5.40. The van der Waals surface area contributed by atoms with Crippen molar-refractivity contribution in [3.63, 3.8) is 0 Å². The van der Waals surface area contributed by atoms with Crippen molar-refractivity contribution in [3.8, 4) is 5.75 Å². The lowest BCUT2D eigenvalue weighted by atomic mass is 10.1. The van der Waals surface area contributed by atoms with Crippen LogP contribution in [0.4, 0.5) is 0 Å². The van der Waals surface area contributed by atoms with Gasteiger partial charge < -0.3 is 14.3 Å². The van der Waals surface area contributed by atoms with E-state index in [1.54, 1.807) is 18.2 Å². The lowest BCUT2D eigenvalue weighted by Gasteiger charge is -2.11. The third kappa shape index (κ3) is 3.29. The maximum Gasteiger partial charge on any atom is 0.356 e. The largest absolute Gasteiger partial charge is 0.478 e. The van der Waals surface area contributed by atoms with Gasteiger partial charge in [-0.05, 0) is 62.2 Å². The van der Waals surface area contributed by atoms with E-state index in [-0.39, 0.29) is 11.5 Å². The number of ketones is 1. The molecule has 0 amide bonds. The van der Waals surface area contributed by atoms with Gasteiger partial charge in [0.15, 0.2) is 5.76 Å². The number of ether oxygens (including phenoxy) is 1. The third-order valence-electron chi connectivity index (χ3n) is 2.36. The predicted molar refractivity (Wildman–Crippen MR) is 77.3 cm³/mol. The Bertz CT molecular complexity index is 636. The van der Waals surface area contributed by atoms with Crippen molar-refractivity contribution >= 4 is 43.6 Å². The van der Waals surface area contributed by atoms with Crippen LogP contribution in [-0.2, 0) is 4.79 Å². The Balaban J connectivity index is 2.22. The highest BCUT2D eigenvalue weighted by Crippen LogP contribution is 2.28. The van der Waals surface area contributed by atoms with Gasteiger partial charge in [-0.15, -0.1) is 0 Å². The minimum atomic E-state index is -1.16. The molecule has 0 radical (unpaired) electrons. The Hall–Kier alpha value is -1.60. The molecule has 1 N–H and O–H groups in total. The number of hydrogen-bond donors (Lipinski definition) is 1. The Kier molecular flexibility index (Phi) is 4.61. The first-order valence-corrected chi connectivity index (χ1v) is 7.11. The number of halogens is 2. The van der Waals surface area contributed by atoms with Gasteiger partial charge in [-0.2, -0.15) is 0 Å². The minimum absolute atomic E-state index is 0.231. The molecule has 5 nitrogen and oxygen atoms in total. The van der Waals surface area contributed by atoms with E-state index in [4.69, 9.17) is 14.3 Å². The second-order valence-corrected chi connectivity index (χ2v) is 5.41. The predicted octanol–water partition coefficient (Wildman–Crippen LogP) is 3.46. The zero-order chi connectivity index (χ0) is 14.7. The van der Waals surface area contributed by atoms with Gasteiger partial charge in [-0.3, -0.25) is 4.79 Å². The van der Waals surface area contributed by atoms with Crippen LogP contribution in [0.3, 0.4) is 0 Å². The summed E-state index contributed by atoms with van der Waals surface area (Å²) in [6, 6.07) is 7.79. The molecule has 2 aromatic rings. The molecule has 1 aromatic carbocycles. The van der Waals surface area contributed by atoms with E-state index in [0.29, 0.717) is 15.8 Å². The van der Waals surface area contributed by atoms with E-state index in [1.165, 1.54) is 18.4 Å². The van der Waals surface area contributed by atoms with Gasteiger partial charge in [0.2, 0.25) is 10.8 Å². The van der Waals surface area contributed by atoms with Gasteiger partial charge in [0, 0.05) is 5.56 Å². The van der Waals surface area contributed by atoms with E-state index in [2.05, 4.69) is 31.9 Å². The first kappa shape index (κ1) is 14.8. The highest BCUT2D eigenvalue weighted by Gasteiger charge is 2.18. The fraction of sp³-hybridized carbons (Fsp3) is 0.0769. The molecule has 1 aromatic heterocycles. The van der Waals surface area contributed by atoms with Gasteiger partial charge in [0.05, 0.1) is 10.7 Å². The molecule has 2 rings (SSSR count). The fourth-order valence-electron chi connectivity index (χ4n) is 1.45. The number of aliphatic carboxylic acids is 1. The summed E-state index contributed by atoms with van der Waals surface area (Å²) < 4.78 is 10.7. The van der Waals surface area contributed by atoms with Crippen LogP contribution in [0.25, 0.3) is 0 Å². The van der Waals surface area contributed by atoms with Crippen LogP contribution in [0.1, 0.15) is 16.1 Å². The molecular formula is C13H8Br2O5. The van der Waals surface area contributed by atoms with Crippen molar-refractivity contribution in [2.75, 3.05) is 0 Å². The summed E-state index contributed by atoms with van der Waals surface area (Å²) >= 11 is 6.10. The van der Waals surface area contributed by atoms with Gasteiger partial charge in [0.25, 0.3) is 0 Å². The van der Waals surface area contributed by atoms with Crippen molar-refractivity contribution in [3.05, 3.63) is 52.4 Å². The average Bonchev–Trinajstić information content (AvgIpc) is 2.94. The van der Waals surface area contributed by atoms with Crippen LogP contribution in [0, 0.1) is 0 Å². The van der Waals surface area contributed by atoms with Crippen molar-refractivity contribution in [2.24, 2.45) is 0 Å². The molecule has 0 saturated heterocycles. The van der Waals surface area contributed by atoms with Crippen molar-refractivity contribution in [1.82, 2.24) is 0 Å². The molecule has 0 aliphatic rings. The van der Waals surface area contributed by atoms with E-state index in [1.807, 2.05) is 0 Å². The number of carbonyl (C=O) groups is 2. The number of carboxylic acid groups (broad SMARTS) is 1. The maximum atomic E-state index is 12.0. The summed E-state index contributed by atoms with van der Waals surface area (Å²) in [5, 5.41) is 7.59. The molecule has 0 aliphatic carbocycles. The summed E-state index contributed by atoms with van der Waals surface area (Å²) in [5.41, 5.74) is 0.403. The molecule has 0 spiro atoms. The average molecular weight is 404 g/mol. The molecule has 1 heterocycles. The highest BCUT2D eigenvalue weighted by atomic mass is 79.9. The second-order valence-electron chi connectivity index (χ2n) is 3.72. The van der Waals surface area contributed by atoms with Crippen molar-refractivity contribution in [1.29, 1.82) is 0 Å². The number of rotatable bonds is 5. The van der Waals surface area contributed by atoms with Gasteiger partial charge in [-0.25, -0.2) is 4.79 Å². The Labute approximate surface area is 130 Å². The molecule has 0 bridgehead atoms. The summed E-state index contributed by atoms with van der Waals surface area (Å²) in [4.78, 5) is 22.7. The molecule has 20 heavy (non-hydrogen) atoms. The van der Waals surface area contributed by atoms with Crippen LogP contribution >= 0.6 is 31.9 Å². The van der Waals surface area contributed by atoms with Crippen LogP contribution in [-0.4, -0.2) is 21.9 Å². The van der Waals surface area contributed by atoms with Crippen LogP contribution < -0.4 is 4.74 Å². The molecule has 0 saturated carbocycles. The van der Waals surface area contributed by atoms with Crippen LogP contribution in [0.2, 0.25) is 0 Å². The van der Waals surface area contributed by atoms with Crippen LogP contribution in [0.5, 0.6) is 5.75 Å². The fourth-order valence-corrected chi connectivity index (χ4v) is 2.12. The molecule has 104 valence electrons. The lowest BCUT2D eigenvalue weighted by Crippen LogP contribution is -2.19. The van der Waals surface area contributed by atoms with E-state index in [0.717, 1.165) is 0 Å². The molecule has 1 atom stereocenters. The molecule has 1 unspecified atom stereocenters. The number of benzene rings is 1. The van der Waals surface area contributed by atoms with Gasteiger partial charge in [-0.1, -0.05) is 0 Å². The molecular weight excluding hydrogens is 396 g/mol. The van der Waals surface area contributed by atoms with E-state index in [9.17, 15) is 9.59 Å². The normalized spacial score (nSPS) is 11.9. The summed E-state index contributed by atoms with van der Waals surface area (Å²) in [7, 11) is 0. The number of alkyl halides is 1. The molecule has 0 aliphatic heterocycles. The summed E-state index contributed by atoms with van der Waals surface area (Å²) in [6.45, 7) is 0. The highest BCUT2D eigenvalue weighted by molar-refractivity contribution is 9.10. The molecule has 0 fully saturated rings. The number of furan rings is 1. The second kappa shape index (κ2) is 6.23. The third-order valence-corrected chi connectivity index (χ3v) is 3.56. The number of hydrogen-bond acceptors (Lipinski definition) is 4. The lowest BCUT2D eigenvalue weighted by molar-refractivity contribution is -0.140. The Morgan fingerprint density at radius 1 is 1.30 bits per heavy atom. The zero-order valence-corrected chi connectivity index (χ0v) is 13.0. The standard InChI is InChI=1S/C13H8Br2O5/c14-8-6-7(11(16)10-2-1-5-19-10)3-4-9(8)20-12(15)13(17)18/h1-6,12H,(H,17,18). The summed E-state index contributed by atoms with van der Waals surface area (Å²) in [6.07, 6.45) is 1.42. The number of carbonyl (C=O) groups excluding carboxylic acids is 1. The number of carboxylic acids is 1. The zero-order valence-electron chi connectivity index (χ0n) is 9.88. The van der Waals surface area contributed by atoms with E-state index < -0.39 is 11.0 Å². The van der Waals surface area contributed by atoms with Gasteiger partial charge in [0.1, 0.15) is 5.75 Å². The first-order chi connectivity index (χ1) is 9.49. The minimum Gasteiger partial charge on any atom is -0.478 e. The molecule has 7 heteroatoms. The maximum absolute atomic E-state index is 12.0. The van der Waals surface area contributed by atoms with Crippen LogP contribution in [0.15, 0.2) is 45.5 Å². The topological polar surface area (TPSA) is 76.7 Å². The Morgan fingerprint density at radius 2 is 2.05 bits per heavy atom. The summed E-state index contributed by atoms with van der Waals surface area (Å²) in [5.74, 6) is -0.872. The quantitative estimate of drug-likeness (QED) is 0.611.